The molecule has 1 aromatic rings. The lowest BCUT2D eigenvalue weighted by molar-refractivity contribution is -0.127. The van der Waals surface area contributed by atoms with E-state index in [0.717, 1.165) is 0 Å². The molecule has 0 N–H and O–H groups in total. The molecule has 0 fully saturated rings. The van der Waals surface area contributed by atoms with Crippen LogP contribution in [-0.4, -0.2) is 30.7 Å². The van der Waals surface area contributed by atoms with Gasteiger partial charge in [0.1, 0.15) is 4.90 Å². The normalized spacial score (nSPS) is 18.0. The molecule has 0 bridgehead atoms. The van der Waals surface area contributed by atoms with Crippen molar-refractivity contribution in [2.45, 2.75) is 11.1 Å². The Kier molecular flexibility index (Phi) is 2.67. The molecule has 7 heteroatoms. The lowest BCUT2D eigenvalue weighted by atomic mass is 10.2. The Hall–Kier alpha value is -2.20. The summed E-state index contributed by atoms with van der Waals surface area (Å²) >= 11 is 0. The molecule has 2 amide bonds. The van der Waals surface area contributed by atoms with Crippen LogP contribution >= 0.6 is 0 Å². The number of rotatable bonds is 1. The van der Waals surface area contributed by atoms with E-state index in [1.807, 2.05) is 0 Å². The first-order chi connectivity index (χ1) is 8.41. The molecular formula is C11H6FNO4S. The summed E-state index contributed by atoms with van der Waals surface area (Å²) in [5, 5.41) is 0. The van der Waals surface area contributed by atoms with Crippen LogP contribution in [0.4, 0.5) is 4.39 Å². The second-order valence-electron chi connectivity index (χ2n) is 3.44. The average molecular weight is 267 g/mol. The number of carbonyl (C=O) groups is 2. The molecule has 1 aromatic carbocycles. The highest BCUT2D eigenvalue weighted by atomic mass is 32.2. The van der Waals surface area contributed by atoms with Gasteiger partial charge in [-0.25, -0.2) is 12.8 Å². The summed E-state index contributed by atoms with van der Waals surface area (Å²) < 4.78 is 36.8. The van der Waals surface area contributed by atoms with Gasteiger partial charge in [0.25, 0.3) is 21.8 Å². The molecule has 1 aliphatic heterocycles. The van der Waals surface area contributed by atoms with Gasteiger partial charge in [-0.1, -0.05) is 18.1 Å². The molecule has 0 aliphatic carbocycles. The number of amides is 2. The first-order valence-corrected chi connectivity index (χ1v) is 6.18. The maximum Gasteiger partial charge on any atom is 0.290 e. The maximum absolute atomic E-state index is 13.1. The minimum atomic E-state index is -4.35. The molecule has 0 spiro atoms. The topological polar surface area (TPSA) is 71.5 Å². The zero-order chi connectivity index (χ0) is 13.5. The smallest absolute Gasteiger partial charge is 0.269 e. The number of hydrogen-bond donors (Lipinski definition) is 0. The van der Waals surface area contributed by atoms with E-state index >= 15 is 0 Å². The third-order valence-electron chi connectivity index (χ3n) is 2.38. The van der Waals surface area contributed by atoms with Gasteiger partial charge in [-0.15, -0.1) is 6.42 Å². The Morgan fingerprint density at radius 1 is 1.39 bits per heavy atom. The number of fused-ring (bicyclic) bond motifs is 1. The maximum atomic E-state index is 13.1. The SMILES string of the molecule is C#CC(F)C(=O)N1C(=O)c2ccccc2S1(=O)=O. The van der Waals surface area contributed by atoms with Crippen molar-refractivity contribution in [1.82, 2.24) is 4.31 Å². The Bertz CT molecular complexity index is 689. The van der Waals surface area contributed by atoms with E-state index in [-0.39, 0.29) is 14.8 Å². The van der Waals surface area contributed by atoms with Crippen LogP contribution in [0.25, 0.3) is 0 Å². The Balaban J connectivity index is 2.60. The van der Waals surface area contributed by atoms with Gasteiger partial charge in [0.05, 0.1) is 5.56 Å². The molecule has 1 atom stereocenters. The fourth-order valence-corrected chi connectivity index (χ4v) is 3.10. The highest BCUT2D eigenvalue weighted by Gasteiger charge is 2.46. The van der Waals surface area contributed by atoms with E-state index in [9.17, 15) is 22.4 Å². The van der Waals surface area contributed by atoms with Gasteiger partial charge in [-0.2, -0.15) is 4.31 Å². The van der Waals surface area contributed by atoms with Crippen molar-refractivity contribution < 1.29 is 22.4 Å². The lowest BCUT2D eigenvalue weighted by Crippen LogP contribution is -2.40. The molecule has 0 radical (unpaired) electrons. The third kappa shape index (κ3) is 1.50. The van der Waals surface area contributed by atoms with Gasteiger partial charge < -0.3 is 0 Å². The van der Waals surface area contributed by atoms with Gasteiger partial charge >= 0.3 is 0 Å². The molecule has 92 valence electrons. The van der Waals surface area contributed by atoms with Crippen molar-refractivity contribution in [2.24, 2.45) is 0 Å². The summed E-state index contributed by atoms with van der Waals surface area (Å²) in [4.78, 5) is 22.9. The van der Waals surface area contributed by atoms with E-state index < -0.39 is 28.0 Å². The summed E-state index contributed by atoms with van der Waals surface area (Å²) in [5.74, 6) is -1.21. The number of terminal acetylenes is 1. The zero-order valence-electron chi connectivity index (χ0n) is 8.83. The van der Waals surface area contributed by atoms with Gasteiger partial charge in [-0.05, 0) is 12.1 Å². The van der Waals surface area contributed by atoms with Gasteiger partial charge in [0.2, 0.25) is 6.17 Å². The second kappa shape index (κ2) is 3.92. The second-order valence-corrected chi connectivity index (χ2v) is 5.19. The van der Waals surface area contributed by atoms with Gasteiger partial charge in [0, 0.05) is 0 Å². The molecule has 0 aromatic heterocycles. The van der Waals surface area contributed by atoms with E-state index in [1.54, 1.807) is 0 Å². The molecule has 0 saturated carbocycles. The number of hydrogen-bond acceptors (Lipinski definition) is 4. The van der Waals surface area contributed by atoms with E-state index in [0.29, 0.717) is 0 Å². The van der Waals surface area contributed by atoms with Crippen LogP contribution in [-0.2, 0) is 14.8 Å². The lowest BCUT2D eigenvalue weighted by Gasteiger charge is -2.12. The molecule has 18 heavy (non-hydrogen) atoms. The molecule has 1 unspecified atom stereocenters. The summed E-state index contributed by atoms with van der Waals surface area (Å²) in [6, 6.07) is 5.24. The van der Waals surface area contributed by atoms with Crippen LogP contribution in [0, 0.1) is 12.3 Å². The summed E-state index contributed by atoms with van der Waals surface area (Å²) in [6.07, 6.45) is 2.23. The summed E-state index contributed by atoms with van der Waals surface area (Å²) in [7, 11) is -4.35. The fourth-order valence-electron chi connectivity index (χ4n) is 1.58. The number of nitrogens with zero attached hydrogens (tertiary/aromatic N) is 1. The highest BCUT2D eigenvalue weighted by molar-refractivity contribution is 7.90. The molecule has 2 rings (SSSR count). The van der Waals surface area contributed by atoms with Crippen LogP contribution in [0.5, 0.6) is 0 Å². The quantitative estimate of drug-likeness (QED) is 0.687. The number of halogens is 1. The van der Waals surface area contributed by atoms with Crippen molar-refractivity contribution in [2.75, 3.05) is 0 Å². The van der Waals surface area contributed by atoms with Crippen molar-refractivity contribution in [3.63, 3.8) is 0 Å². The minimum absolute atomic E-state index is 0.123. The van der Waals surface area contributed by atoms with E-state index in [1.165, 1.54) is 30.2 Å². The number of imide groups is 1. The zero-order valence-corrected chi connectivity index (χ0v) is 9.65. The number of alkyl halides is 1. The predicted octanol–water partition coefficient (Wildman–Crippen LogP) is 0.329. The number of sulfonamides is 1. The number of carbonyl (C=O) groups excluding carboxylic acids is 2. The van der Waals surface area contributed by atoms with Crippen LogP contribution in [0.2, 0.25) is 0 Å². The summed E-state index contributed by atoms with van der Waals surface area (Å²) in [5.41, 5.74) is -0.171. The monoisotopic (exact) mass is 267 g/mol. The molecule has 1 aliphatic rings. The van der Waals surface area contributed by atoms with E-state index in [4.69, 9.17) is 6.42 Å². The van der Waals surface area contributed by atoms with Crippen molar-refractivity contribution >= 4 is 21.8 Å². The first kappa shape index (κ1) is 12.3. The minimum Gasteiger partial charge on any atom is -0.269 e. The summed E-state index contributed by atoms with van der Waals surface area (Å²) in [6.45, 7) is 0. The highest BCUT2D eigenvalue weighted by Crippen LogP contribution is 2.30. The predicted molar refractivity (Wildman–Crippen MR) is 58.5 cm³/mol. The van der Waals surface area contributed by atoms with Crippen molar-refractivity contribution in [1.29, 1.82) is 0 Å². The van der Waals surface area contributed by atoms with Crippen LogP contribution in [0.15, 0.2) is 29.2 Å². The van der Waals surface area contributed by atoms with Gasteiger partial charge in [0.15, 0.2) is 0 Å². The van der Waals surface area contributed by atoms with Crippen molar-refractivity contribution in [3.8, 4) is 12.3 Å². The van der Waals surface area contributed by atoms with Crippen molar-refractivity contribution in [3.05, 3.63) is 29.8 Å². The average Bonchev–Trinajstić information content (AvgIpc) is 2.56. The largest absolute Gasteiger partial charge is 0.290 e. The Morgan fingerprint density at radius 3 is 2.56 bits per heavy atom. The molecule has 5 nitrogen and oxygen atoms in total. The fraction of sp³-hybridized carbons (Fsp3) is 0.0909. The standard InChI is InChI=1S/C11H6FNO4S/c1-2-8(12)11(15)13-10(14)7-5-3-4-6-9(7)18(13,16)17/h1,3-6,8H. The van der Waals surface area contributed by atoms with Crippen LogP contribution in [0.1, 0.15) is 10.4 Å². The Labute approximate surface area is 102 Å². The van der Waals surface area contributed by atoms with Crippen LogP contribution < -0.4 is 0 Å². The molecular weight excluding hydrogens is 261 g/mol. The van der Waals surface area contributed by atoms with E-state index in [2.05, 4.69) is 0 Å². The number of benzene rings is 1. The molecule has 0 saturated heterocycles. The van der Waals surface area contributed by atoms with Gasteiger partial charge in [-0.3, -0.25) is 9.59 Å². The third-order valence-corrected chi connectivity index (χ3v) is 4.12. The first-order valence-electron chi connectivity index (χ1n) is 4.74. The Morgan fingerprint density at radius 2 is 2.00 bits per heavy atom. The van der Waals surface area contributed by atoms with Crippen LogP contribution in [0.3, 0.4) is 0 Å². The molecule has 1 heterocycles.